The van der Waals surface area contributed by atoms with Gasteiger partial charge in [-0.25, -0.2) is 14.2 Å². The van der Waals surface area contributed by atoms with E-state index in [2.05, 4.69) is 4.98 Å². The monoisotopic (exact) mass is 373 g/mol. The molecule has 6 heteroatoms. The maximum atomic E-state index is 13.4. The largest absolute Gasteiger partial charge is 0.478 e. The van der Waals surface area contributed by atoms with Crippen LogP contribution in [-0.4, -0.2) is 25.6 Å². The van der Waals surface area contributed by atoms with Crippen molar-refractivity contribution in [3.8, 4) is 33.9 Å². The summed E-state index contributed by atoms with van der Waals surface area (Å²) in [6.07, 6.45) is 3.41. The number of carbonyl (C=O) groups is 1. The third kappa shape index (κ3) is 3.16. The van der Waals surface area contributed by atoms with E-state index in [1.807, 2.05) is 23.7 Å². The summed E-state index contributed by atoms with van der Waals surface area (Å²) in [5.41, 5.74) is 4.30. The number of hydrogen-bond acceptors (Lipinski definition) is 3. The summed E-state index contributed by atoms with van der Waals surface area (Å²) < 4.78 is 15.3. The van der Waals surface area contributed by atoms with Crippen molar-refractivity contribution < 1.29 is 14.3 Å². The van der Waals surface area contributed by atoms with E-state index < -0.39 is 5.97 Å². The Hall–Kier alpha value is -3.80. The number of nitrogens with zero attached hydrogens (tertiary/aromatic N) is 3. The van der Waals surface area contributed by atoms with Gasteiger partial charge in [-0.2, -0.15) is 0 Å². The van der Waals surface area contributed by atoms with Gasteiger partial charge in [0.15, 0.2) is 0 Å². The van der Waals surface area contributed by atoms with Gasteiger partial charge in [0.2, 0.25) is 0 Å². The van der Waals surface area contributed by atoms with E-state index in [-0.39, 0.29) is 11.4 Å². The highest BCUT2D eigenvalue weighted by Crippen LogP contribution is 2.35. The molecule has 138 valence electrons. The molecule has 4 aromatic rings. The summed E-state index contributed by atoms with van der Waals surface area (Å²) in [6, 6.07) is 16.5. The maximum absolute atomic E-state index is 13.4. The van der Waals surface area contributed by atoms with Crippen molar-refractivity contribution in [2.75, 3.05) is 0 Å². The second kappa shape index (κ2) is 7.08. The van der Waals surface area contributed by atoms with Gasteiger partial charge in [-0.3, -0.25) is 4.98 Å². The van der Waals surface area contributed by atoms with E-state index in [4.69, 9.17) is 10.1 Å². The molecule has 0 saturated heterocycles. The van der Waals surface area contributed by atoms with E-state index in [0.717, 1.165) is 22.4 Å². The van der Waals surface area contributed by atoms with Gasteiger partial charge < -0.3 is 9.67 Å². The van der Waals surface area contributed by atoms with Gasteiger partial charge in [0.1, 0.15) is 11.6 Å². The lowest BCUT2D eigenvalue weighted by Crippen LogP contribution is -1.98. The first kappa shape index (κ1) is 17.6. The summed E-state index contributed by atoms with van der Waals surface area (Å²) in [5, 5.41) is 9.11. The zero-order chi connectivity index (χ0) is 19.7. The lowest BCUT2D eigenvalue weighted by Gasteiger charge is -2.08. The van der Waals surface area contributed by atoms with Crippen LogP contribution in [0.4, 0.5) is 4.39 Å². The number of aromatic nitrogens is 3. The third-order valence-corrected chi connectivity index (χ3v) is 4.56. The van der Waals surface area contributed by atoms with Crippen LogP contribution < -0.4 is 0 Å². The molecule has 2 aromatic heterocycles. The molecule has 28 heavy (non-hydrogen) atoms. The SMILES string of the molecule is Cn1c(-c2ccc(C(=O)O)cc2)nc(-c2ccc(F)cc2)c1-c1ccncc1. The fourth-order valence-corrected chi connectivity index (χ4v) is 3.17. The lowest BCUT2D eigenvalue weighted by molar-refractivity contribution is 0.0697. The van der Waals surface area contributed by atoms with Crippen LogP contribution in [-0.2, 0) is 7.05 Å². The minimum Gasteiger partial charge on any atom is -0.478 e. The molecule has 0 unspecified atom stereocenters. The van der Waals surface area contributed by atoms with Crippen molar-refractivity contribution >= 4 is 5.97 Å². The second-order valence-electron chi connectivity index (χ2n) is 6.32. The number of imidazole rings is 1. The minimum absolute atomic E-state index is 0.214. The molecule has 0 saturated carbocycles. The summed E-state index contributed by atoms with van der Waals surface area (Å²) >= 11 is 0. The number of pyridine rings is 1. The van der Waals surface area contributed by atoms with Crippen LogP contribution >= 0.6 is 0 Å². The summed E-state index contributed by atoms with van der Waals surface area (Å²) in [6.45, 7) is 0. The molecule has 0 aliphatic carbocycles. The first-order chi connectivity index (χ1) is 13.5. The van der Waals surface area contributed by atoms with E-state index >= 15 is 0 Å². The molecule has 1 N–H and O–H groups in total. The third-order valence-electron chi connectivity index (χ3n) is 4.56. The molecule has 0 aliphatic rings. The number of carboxylic acid groups (broad SMARTS) is 1. The van der Waals surface area contributed by atoms with Gasteiger partial charge in [-0.05, 0) is 48.5 Å². The molecule has 0 spiro atoms. The number of hydrogen-bond donors (Lipinski definition) is 1. The fraction of sp³-hybridized carbons (Fsp3) is 0.0455. The van der Waals surface area contributed by atoms with Crippen molar-refractivity contribution in [2.24, 2.45) is 7.05 Å². The number of rotatable bonds is 4. The van der Waals surface area contributed by atoms with Crippen molar-refractivity contribution in [1.82, 2.24) is 14.5 Å². The van der Waals surface area contributed by atoms with Crippen molar-refractivity contribution in [2.45, 2.75) is 0 Å². The Morgan fingerprint density at radius 1 is 0.893 bits per heavy atom. The standard InChI is InChI=1S/C22H16FN3O2/c1-26-20(15-10-12-24-13-11-15)19(14-6-8-18(23)9-7-14)25-21(26)16-2-4-17(5-3-16)22(27)28/h2-13H,1H3,(H,27,28). The second-order valence-corrected chi connectivity index (χ2v) is 6.32. The van der Waals surface area contributed by atoms with Gasteiger partial charge in [0.05, 0.1) is 17.0 Å². The summed E-state index contributed by atoms with van der Waals surface area (Å²) in [5.74, 6) is -0.603. The van der Waals surface area contributed by atoms with Crippen LogP contribution in [0, 0.1) is 5.82 Å². The predicted molar refractivity (Wildman–Crippen MR) is 104 cm³/mol. The Balaban J connectivity index is 1.91. The van der Waals surface area contributed by atoms with Crippen LogP contribution in [0.3, 0.4) is 0 Å². The molecule has 0 radical (unpaired) electrons. The Kier molecular flexibility index (Phi) is 4.45. The van der Waals surface area contributed by atoms with Gasteiger partial charge in [-0.15, -0.1) is 0 Å². The molecule has 2 heterocycles. The van der Waals surface area contributed by atoms with Crippen molar-refractivity contribution in [3.05, 3.63) is 84.4 Å². The molecule has 0 bridgehead atoms. The van der Waals surface area contributed by atoms with Crippen LogP contribution in [0.2, 0.25) is 0 Å². The highest BCUT2D eigenvalue weighted by molar-refractivity contribution is 5.88. The van der Waals surface area contributed by atoms with Crippen LogP contribution in [0.5, 0.6) is 0 Å². The highest BCUT2D eigenvalue weighted by Gasteiger charge is 2.19. The number of carboxylic acids is 1. The Morgan fingerprint density at radius 2 is 1.50 bits per heavy atom. The van der Waals surface area contributed by atoms with Gasteiger partial charge in [0, 0.05) is 36.1 Å². The Morgan fingerprint density at radius 3 is 2.11 bits per heavy atom. The lowest BCUT2D eigenvalue weighted by atomic mass is 10.1. The molecule has 0 atom stereocenters. The average Bonchev–Trinajstić information content (AvgIpc) is 3.06. The van der Waals surface area contributed by atoms with Crippen LogP contribution in [0.25, 0.3) is 33.9 Å². The molecular formula is C22H16FN3O2. The van der Waals surface area contributed by atoms with E-state index in [1.54, 1.807) is 48.8 Å². The summed E-state index contributed by atoms with van der Waals surface area (Å²) in [7, 11) is 1.90. The first-order valence-electron chi connectivity index (χ1n) is 8.61. The first-order valence-corrected chi connectivity index (χ1v) is 8.61. The fourth-order valence-electron chi connectivity index (χ4n) is 3.17. The molecule has 0 fully saturated rings. The Labute approximate surface area is 160 Å². The Bertz CT molecular complexity index is 1140. The molecule has 4 rings (SSSR count). The molecule has 0 aliphatic heterocycles. The number of aromatic carboxylic acids is 1. The quantitative estimate of drug-likeness (QED) is 0.565. The minimum atomic E-state index is -0.976. The number of halogens is 1. The van der Waals surface area contributed by atoms with E-state index in [1.165, 1.54) is 12.1 Å². The zero-order valence-electron chi connectivity index (χ0n) is 15.0. The topological polar surface area (TPSA) is 68.0 Å². The normalized spacial score (nSPS) is 10.8. The maximum Gasteiger partial charge on any atom is 0.335 e. The average molecular weight is 373 g/mol. The molecule has 5 nitrogen and oxygen atoms in total. The molecule has 0 amide bonds. The van der Waals surface area contributed by atoms with Crippen molar-refractivity contribution in [1.29, 1.82) is 0 Å². The van der Waals surface area contributed by atoms with Crippen LogP contribution in [0.1, 0.15) is 10.4 Å². The van der Waals surface area contributed by atoms with E-state index in [0.29, 0.717) is 11.5 Å². The van der Waals surface area contributed by atoms with Gasteiger partial charge in [0.25, 0.3) is 0 Å². The zero-order valence-corrected chi connectivity index (χ0v) is 15.0. The van der Waals surface area contributed by atoms with Crippen molar-refractivity contribution in [3.63, 3.8) is 0 Å². The van der Waals surface area contributed by atoms with E-state index in [9.17, 15) is 9.18 Å². The smallest absolute Gasteiger partial charge is 0.335 e. The molecule has 2 aromatic carbocycles. The predicted octanol–water partition coefficient (Wildman–Crippen LogP) is 4.65. The summed E-state index contributed by atoms with van der Waals surface area (Å²) in [4.78, 5) is 20.0. The van der Waals surface area contributed by atoms with Gasteiger partial charge in [-0.1, -0.05) is 12.1 Å². The van der Waals surface area contributed by atoms with Gasteiger partial charge >= 0.3 is 5.97 Å². The molecular weight excluding hydrogens is 357 g/mol. The highest BCUT2D eigenvalue weighted by atomic mass is 19.1. The number of benzene rings is 2. The van der Waals surface area contributed by atoms with Crippen LogP contribution in [0.15, 0.2) is 73.1 Å².